The van der Waals surface area contributed by atoms with Gasteiger partial charge in [-0.1, -0.05) is 0 Å². The number of aromatic hydroxyl groups is 1. The lowest BCUT2D eigenvalue weighted by atomic mass is 10.0. The summed E-state index contributed by atoms with van der Waals surface area (Å²) in [6, 6.07) is 0.925. The maximum Gasteiger partial charge on any atom is 0.278 e. The number of carbonyl (C=O) groups is 2. The molecule has 0 bridgehead atoms. The van der Waals surface area contributed by atoms with Gasteiger partial charge in [-0.2, -0.15) is 0 Å². The highest BCUT2D eigenvalue weighted by atomic mass is 19.1. The molecule has 170 valence electrons. The van der Waals surface area contributed by atoms with Gasteiger partial charge in [0.2, 0.25) is 5.43 Å². The summed E-state index contributed by atoms with van der Waals surface area (Å²) in [5.41, 5.74) is -3.49. The predicted octanol–water partition coefficient (Wildman–Crippen LogP) is 0.671. The molecule has 0 aliphatic carbocycles. The van der Waals surface area contributed by atoms with Gasteiger partial charge in [0.15, 0.2) is 17.1 Å². The summed E-state index contributed by atoms with van der Waals surface area (Å²) in [7, 11) is 3.13. The van der Waals surface area contributed by atoms with Crippen molar-refractivity contribution in [3.8, 4) is 5.75 Å². The molecule has 9 nitrogen and oxygen atoms in total. The second-order valence-corrected chi connectivity index (χ2v) is 7.62. The first-order chi connectivity index (χ1) is 15.1. The van der Waals surface area contributed by atoms with Gasteiger partial charge in [0.05, 0.1) is 13.2 Å². The molecule has 2 aromatic rings. The van der Waals surface area contributed by atoms with Gasteiger partial charge in [0, 0.05) is 51.0 Å². The van der Waals surface area contributed by atoms with E-state index in [0.29, 0.717) is 25.2 Å². The van der Waals surface area contributed by atoms with E-state index >= 15 is 0 Å². The number of ether oxygens (including phenoxy) is 1. The van der Waals surface area contributed by atoms with Crippen molar-refractivity contribution < 1.29 is 32.6 Å². The zero-order valence-corrected chi connectivity index (χ0v) is 17.1. The molecule has 2 aliphatic heterocycles. The van der Waals surface area contributed by atoms with Crippen LogP contribution in [0.5, 0.6) is 5.75 Å². The molecule has 12 heteroatoms. The smallest absolute Gasteiger partial charge is 0.278 e. The van der Waals surface area contributed by atoms with Gasteiger partial charge in [0.25, 0.3) is 11.8 Å². The Kier molecular flexibility index (Phi) is 5.12. The molecule has 32 heavy (non-hydrogen) atoms. The van der Waals surface area contributed by atoms with Crippen LogP contribution in [0, 0.1) is 17.5 Å². The van der Waals surface area contributed by atoms with Crippen LogP contribution in [0.3, 0.4) is 0 Å². The monoisotopic (exact) mass is 452 g/mol. The Morgan fingerprint density at radius 3 is 2.47 bits per heavy atom. The molecule has 1 aromatic heterocycles. The summed E-state index contributed by atoms with van der Waals surface area (Å²) < 4.78 is 47.4. The summed E-state index contributed by atoms with van der Waals surface area (Å²) in [4.78, 5) is 39.5. The Balaban J connectivity index is 1.71. The van der Waals surface area contributed by atoms with Crippen LogP contribution in [0.15, 0.2) is 23.1 Å². The van der Waals surface area contributed by atoms with Crippen LogP contribution in [0.1, 0.15) is 32.8 Å². The van der Waals surface area contributed by atoms with Gasteiger partial charge in [-0.05, 0) is 0 Å². The highest BCUT2D eigenvalue weighted by Crippen LogP contribution is 2.34. The van der Waals surface area contributed by atoms with E-state index in [2.05, 4.69) is 5.32 Å². The van der Waals surface area contributed by atoms with Gasteiger partial charge in [-0.25, -0.2) is 13.2 Å². The van der Waals surface area contributed by atoms with Gasteiger partial charge in [0.1, 0.15) is 23.0 Å². The Labute approximate surface area is 179 Å². The van der Waals surface area contributed by atoms with Crippen LogP contribution >= 0.6 is 0 Å². The first-order valence-electron chi connectivity index (χ1n) is 9.58. The number of amides is 2. The Hall–Kier alpha value is -3.54. The minimum absolute atomic E-state index is 0.169. The number of nitrogens with one attached hydrogen (secondary N) is 1. The Bertz CT molecular complexity index is 1170. The summed E-state index contributed by atoms with van der Waals surface area (Å²) in [5, 5.41) is 14.2. The van der Waals surface area contributed by atoms with Crippen molar-refractivity contribution in [1.82, 2.24) is 14.9 Å². The van der Waals surface area contributed by atoms with Crippen molar-refractivity contribution in [2.24, 2.45) is 0 Å². The highest BCUT2D eigenvalue weighted by molar-refractivity contribution is 5.99. The number of nitrogens with zero attached hydrogens (tertiary/aromatic N) is 3. The van der Waals surface area contributed by atoms with Crippen LogP contribution < -0.4 is 15.8 Å². The summed E-state index contributed by atoms with van der Waals surface area (Å²) in [5.74, 6) is -6.13. The van der Waals surface area contributed by atoms with Gasteiger partial charge >= 0.3 is 0 Å². The molecule has 1 spiro atoms. The van der Waals surface area contributed by atoms with Crippen molar-refractivity contribution in [3.05, 3.63) is 62.8 Å². The lowest BCUT2D eigenvalue weighted by Gasteiger charge is -2.50. The number of likely N-dealkylation sites (N-methyl/N-ethyl adjacent to an activating group) is 2. The van der Waals surface area contributed by atoms with Gasteiger partial charge < -0.3 is 20.1 Å². The van der Waals surface area contributed by atoms with Crippen LogP contribution in [0.4, 0.5) is 13.2 Å². The molecule has 1 fully saturated rings. The molecule has 2 amide bonds. The van der Waals surface area contributed by atoms with E-state index in [1.807, 2.05) is 0 Å². The zero-order chi connectivity index (χ0) is 23.4. The third-order valence-electron chi connectivity index (χ3n) is 5.98. The molecule has 2 N–H and O–H groups in total. The third kappa shape index (κ3) is 3.09. The summed E-state index contributed by atoms with van der Waals surface area (Å²) >= 11 is 0. The number of halogens is 3. The lowest BCUT2D eigenvalue weighted by Crippen LogP contribution is -2.68. The fraction of sp³-hybridized carbons (Fsp3) is 0.350. The van der Waals surface area contributed by atoms with E-state index in [1.54, 1.807) is 12.1 Å². The normalized spacial score (nSPS) is 20.1. The molecular formula is C20H19F3N4O5. The molecule has 0 saturated carbocycles. The fourth-order valence-corrected chi connectivity index (χ4v) is 4.02. The van der Waals surface area contributed by atoms with E-state index in [1.165, 1.54) is 16.6 Å². The van der Waals surface area contributed by atoms with Crippen molar-refractivity contribution in [2.45, 2.75) is 18.6 Å². The van der Waals surface area contributed by atoms with Gasteiger partial charge in [-0.3, -0.25) is 24.1 Å². The average molecular weight is 452 g/mol. The van der Waals surface area contributed by atoms with E-state index in [4.69, 9.17) is 4.74 Å². The molecular weight excluding hydrogens is 433 g/mol. The first-order valence-corrected chi connectivity index (χ1v) is 9.58. The van der Waals surface area contributed by atoms with Crippen LogP contribution in [0.2, 0.25) is 0 Å². The number of hydrogen-bond acceptors (Lipinski definition) is 6. The minimum atomic E-state index is -1.20. The molecule has 1 atom stereocenters. The Morgan fingerprint density at radius 1 is 1.22 bits per heavy atom. The number of benzene rings is 1. The van der Waals surface area contributed by atoms with Gasteiger partial charge in [-0.15, -0.1) is 0 Å². The van der Waals surface area contributed by atoms with E-state index in [0.717, 1.165) is 6.20 Å². The first kappa shape index (κ1) is 21.7. The zero-order valence-electron chi connectivity index (χ0n) is 17.1. The van der Waals surface area contributed by atoms with Crippen molar-refractivity contribution >= 4 is 11.8 Å². The van der Waals surface area contributed by atoms with Crippen molar-refractivity contribution in [1.29, 1.82) is 0 Å². The fourth-order valence-electron chi connectivity index (χ4n) is 4.02. The van der Waals surface area contributed by atoms with E-state index < -0.39 is 63.8 Å². The quantitative estimate of drug-likeness (QED) is 0.710. The largest absolute Gasteiger partial charge is 0.502 e. The number of hydrogen-bond donors (Lipinski definition) is 2. The molecule has 1 aromatic carbocycles. The maximum atomic E-state index is 13.8. The van der Waals surface area contributed by atoms with Crippen molar-refractivity contribution in [3.63, 3.8) is 0 Å². The van der Waals surface area contributed by atoms with E-state index in [9.17, 15) is 32.7 Å². The highest BCUT2D eigenvalue weighted by Gasteiger charge is 2.50. The number of carbonyl (C=O) groups excluding carboxylic acids is 2. The van der Waals surface area contributed by atoms with Crippen LogP contribution in [-0.4, -0.2) is 59.5 Å². The second kappa shape index (κ2) is 7.55. The number of pyridine rings is 1. The molecule has 2 aliphatic rings. The standard InChI is InChI=1S/C20H19F3N4O5/c1-25-19(31)15-17(29)16(28)12(8-27(15)26(2)20(25)3-4-32-9-20)18(30)24-7-11-13(22)5-10(21)6-14(11)23/h5-6,8,29H,3-4,7,9H2,1-2H3,(H,24,30). The molecule has 1 saturated heterocycles. The average Bonchev–Trinajstić information content (AvgIpc) is 3.23. The minimum Gasteiger partial charge on any atom is -0.502 e. The van der Waals surface area contributed by atoms with E-state index in [-0.39, 0.29) is 12.3 Å². The summed E-state index contributed by atoms with van der Waals surface area (Å²) in [6.07, 6.45) is 1.53. The topological polar surface area (TPSA) is 104 Å². The number of aromatic nitrogens is 1. The second-order valence-electron chi connectivity index (χ2n) is 7.62. The van der Waals surface area contributed by atoms with Crippen LogP contribution in [0.25, 0.3) is 0 Å². The molecule has 3 heterocycles. The predicted molar refractivity (Wildman–Crippen MR) is 104 cm³/mol. The number of rotatable bonds is 3. The molecule has 1 unspecified atom stereocenters. The maximum absolute atomic E-state index is 13.8. The lowest BCUT2D eigenvalue weighted by molar-refractivity contribution is 0.0330. The number of fused-ring (bicyclic) bond motifs is 1. The SMILES string of the molecule is CN1C(=O)c2c(O)c(=O)c(C(=O)NCc3c(F)cc(F)cc3F)cn2N(C)C12CCOC2. The van der Waals surface area contributed by atoms with Crippen molar-refractivity contribution in [2.75, 3.05) is 32.3 Å². The molecule has 4 rings (SSSR count). The van der Waals surface area contributed by atoms with Crippen LogP contribution in [-0.2, 0) is 11.3 Å². The summed E-state index contributed by atoms with van der Waals surface area (Å²) in [6.45, 7) is -0.123. The molecule has 0 radical (unpaired) electrons. The third-order valence-corrected chi connectivity index (χ3v) is 5.98. The Morgan fingerprint density at radius 2 is 1.88 bits per heavy atom.